The Morgan fingerprint density at radius 2 is 1.90 bits per heavy atom. The first kappa shape index (κ1) is 24.1. The molecular weight excluding hydrogens is 416 g/mol. The number of amides is 3. The van der Waals surface area contributed by atoms with Crippen molar-refractivity contribution in [2.75, 3.05) is 11.9 Å². The molecular formula is C22H28N4O4S. The zero-order valence-electron chi connectivity index (χ0n) is 17.8. The fourth-order valence-corrected chi connectivity index (χ4v) is 4.28. The molecule has 1 heterocycles. The second-order valence-corrected chi connectivity index (χ2v) is 8.66. The zero-order valence-corrected chi connectivity index (χ0v) is 18.6. The molecule has 0 aliphatic carbocycles. The van der Waals surface area contributed by atoms with Gasteiger partial charge in [-0.1, -0.05) is 44.2 Å². The van der Waals surface area contributed by atoms with E-state index in [1.165, 1.54) is 11.3 Å². The van der Waals surface area contributed by atoms with Crippen LogP contribution in [0.1, 0.15) is 41.8 Å². The molecule has 2 rings (SSSR count). The standard InChI is InChI=1S/C22H28N4O4S/c1-12(2)9-17(21(28)29)25-8-4-5-14-6-7-15(13(3)10-14)18-11-16(19(23)27)20(31-18)26-22(24)30/h4-7,10-12,17,25H,8-9H2,1-3H3,(H2,23,27)(H,28,29)(H3,24,26,30)/b5-4+/t17-/m0/s1. The van der Waals surface area contributed by atoms with Crippen LogP contribution in [0.2, 0.25) is 0 Å². The van der Waals surface area contributed by atoms with Crippen molar-refractivity contribution in [3.8, 4) is 10.4 Å². The van der Waals surface area contributed by atoms with Gasteiger partial charge in [0.2, 0.25) is 0 Å². The number of hydrogen-bond donors (Lipinski definition) is 5. The van der Waals surface area contributed by atoms with Crippen LogP contribution >= 0.6 is 11.3 Å². The van der Waals surface area contributed by atoms with Gasteiger partial charge in [-0.15, -0.1) is 11.3 Å². The predicted molar refractivity (Wildman–Crippen MR) is 124 cm³/mol. The fourth-order valence-electron chi connectivity index (χ4n) is 3.13. The van der Waals surface area contributed by atoms with E-state index >= 15 is 0 Å². The average Bonchev–Trinajstić information content (AvgIpc) is 3.06. The van der Waals surface area contributed by atoms with Gasteiger partial charge in [0.1, 0.15) is 11.0 Å². The first-order chi connectivity index (χ1) is 14.6. The van der Waals surface area contributed by atoms with Gasteiger partial charge in [0.15, 0.2) is 0 Å². The van der Waals surface area contributed by atoms with Crippen LogP contribution in [-0.2, 0) is 4.79 Å². The maximum absolute atomic E-state index is 11.7. The number of anilines is 1. The second kappa shape index (κ2) is 10.7. The summed E-state index contributed by atoms with van der Waals surface area (Å²) in [6, 6.07) is 6.13. The van der Waals surface area contributed by atoms with Crippen molar-refractivity contribution in [3.63, 3.8) is 0 Å². The fraction of sp³-hybridized carbons (Fsp3) is 0.318. The number of nitrogens with one attached hydrogen (secondary N) is 2. The summed E-state index contributed by atoms with van der Waals surface area (Å²) in [5.74, 6) is -1.20. The normalized spacial score (nSPS) is 12.3. The smallest absolute Gasteiger partial charge is 0.320 e. The molecule has 166 valence electrons. The van der Waals surface area contributed by atoms with Gasteiger partial charge in [-0.25, -0.2) is 4.79 Å². The first-order valence-electron chi connectivity index (χ1n) is 9.82. The van der Waals surface area contributed by atoms with E-state index in [4.69, 9.17) is 11.5 Å². The number of hydrogen-bond acceptors (Lipinski definition) is 5. The van der Waals surface area contributed by atoms with Gasteiger partial charge in [0.05, 0.1) is 5.56 Å². The average molecular weight is 445 g/mol. The minimum atomic E-state index is -0.848. The molecule has 0 aliphatic heterocycles. The highest BCUT2D eigenvalue weighted by molar-refractivity contribution is 7.20. The van der Waals surface area contributed by atoms with Crippen molar-refractivity contribution < 1.29 is 19.5 Å². The Labute approximate surface area is 185 Å². The molecule has 8 nitrogen and oxygen atoms in total. The molecule has 0 aliphatic rings. The summed E-state index contributed by atoms with van der Waals surface area (Å²) in [6.07, 6.45) is 4.37. The van der Waals surface area contributed by atoms with Crippen LogP contribution in [0.15, 0.2) is 30.3 Å². The van der Waals surface area contributed by atoms with Gasteiger partial charge in [-0.3, -0.25) is 14.9 Å². The molecule has 31 heavy (non-hydrogen) atoms. The summed E-state index contributed by atoms with van der Waals surface area (Å²) in [5, 5.41) is 15.1. The lowest BCUT2D eigenvalue weighted by molar-refractivity contribution is -0.139. The van der Waals surface area contributed by atoms with E-state index in [-0.39, 0.29) is 5.56 Å². The molecule has 0 radical (unpaired) electrons. The Kier molecular flexibility index (Phi) is 8.35. The van der Waals surface area contributed by atoms with Crippen LogP contribution in [0.4, 0.5) is 9.80 Å². The Hall–Kier alpha value is -3.17. The van der Waals surface area contributed by atoms with Crippen LogP contribution in [0.5, 0.6) is 0 Å². The van der Waals surface area contributed by atoms with Gasteiger partial charge in [-0.05, 0) is 42.0 Å². The summed E-state index contributed by atoms with van der Waals surface area (Å²) in [6.45, 7) is 6.37. The van der Waals surface area contributed by atoms with E-state index in [1.54, 1.807) is 6.07 Å². The third-order valence-electron chi connectivity index (χ3n) is 4.55. The number of nitrogens with two attached hydrogens (primary N) is 2. The lowest BCUT2D eigenvalue weighted by Crippen LogP contribution is -2.37. The van der Waals surface area contributed by atoms with Gasteiger partial charge < -0.3 is 21.9 Å². The molecule has 0 spiro atoms. The number of urea groups is 1. The summed E-state index contributed by atoms with van der Waals surface area (Å²) < 4.78 is 0. The van der Waals surface area contributed by atoms with Crippen molar-refractivity contribution in [1.82, 2.24) is 5.32 Å². The van der Waals surface area contributed by atoms with Gasteiger partial charge in [0.25, 0.3) is 5.91 Å². The first-order valence-corrected chi connectivity index (χ1v) is 10.6. The molecule has 3 amide bonds. The molecule has 0 bridgehead atoms. The predicted octanol–water partition coefficient (Wildman–Crippen LogP) is 3.42. The van der Waals surface area contributed by atoms with E-state index in [0.29, 0.717) is 23.9 Å². The van der Waals surface area contributed by atoms with Crippen LogP contribution in [0.25, 0.3) is 16.5 Å². The number of carbonyl (C=O) groups excluding carboxylic acids is 2. The van der Waals surface area contributed by atoms with Crippen LogP contribution in [0, 0.1) is 12.8 Å². The van der Waals surface area contributed by atoms with Crippen molar-refractivity contribution >= 4 is 40.3 Å². The number of primary amides is 2. The van der Waals surface area contributed by atoms with Gasteiger partial charge >= 0.3 is 12.0 Å². The molecule has 0 saturated heterocycles. The number of carboxylic acids is 1. The third-order valence-corrected chi connectivity index (χ3v) is 5.63. The number of carboxylic acid groups (broad SMARTS) is 1. The second-order valence-electron chi connectivity index (χ2n) is 7.61. The SMILES string of the molecule is Cc1cc(/C=C/CN[C@@H](CC(C)C)C(=O)O)ccc1-c1cc(C(N)=O)c(NC(N)=O)s1. The van der Waals surface area contributed by atoms with E-state index in [9.17, 15) is 19.5 Å². The molecule has 0 saturated carbocycles. The summed E-state index contributed by atoms with van der Waals surface area (Å²) >= 11 is 1.22. The van der Waals surface area contributed by atoms with Crippen molar-refractivity contribution in [2.45, 2.75) is 33.2 Å². The van der Waals surface area contributed by atoms with Crippen molar-refractivity contribution in [1.29, 1.82) is 0 Å². The van der Waals surface area contributed by atoms with Gasteiger partial charge in [-0.2, -0.15) is 0 Å². The minimum absolute atomic E-state index is 0.211. The number of aryl methyl sites for hydroxylation is 1. The summed E-state index contributed by atoms with van der Waals surface area (Å²) in [5.41, 5.74) is 13.6. The van der Waals surface area contributed by atoms with Crippen molar-refractivity contribution in [2.24, 2.45) is 17.4 Å². The third kappa shape index (κ3) is 6.94. The molecule has 0 unspecified atom stereocenters. The topological polar surface area (TPSA) is 148 Å². The highest BCUT2D eigenvalue weighted by Gasteiger charge is 2.18. The number of thiophene rings is 1. The molecule has 2 aromatic rings. The van der Waals surface area contributed by atoms with E-state index in [2.05, 4.69) is 10.6 Å². The minimum Gasteiger partial charge on any atom is -0.480 e. The highest BCUT2D eigenvalue weighted by atomic mass is 32.1. The van der Waals surface area contributed by atoms with E-state index in [1.807, 2.05) is 51.1 Å². The van der Waals surface area contributed by atoms with E-state index in [0.717, 1.165) is 21.6 Å². The number of aliphatic carboxylic acids is 1. The summed E-state index contributed by atoms with van der Waals surface area (Å²) in [4.78, 5) is 34.9. The maximum atomic E-state index is 11.7. The molecule has 9 heteroatoms. The molecule has 7 N–H and O–H groups in total. The molecule has 1 atom stereocenters. The van der Waals surface area contributed by atoms with E-state index < -0.39 is 23.9 Å². The van der Waals surface area contributed by atoms with Crippen LogP contribution < -0.4 is 22.1 Å². The van der Waals surface area contributed by atoms with Crippen LogP contribution in [-0.4, -0.2) is 35.6 Å². The molecule has 1 aromatic heterocycles. The molecule has 0 fully saturated rings. The zero-order chi connectivity index (χ0) is 23.1. The van der Waals surface area contributed by atoms with Crippen LogP contribution in [0.3, 0.4) is 0 Å². The largest absolute Gasteiger partial charge is 0.480 e. The lowest BCUT2D eigenvalue weighted by atomic mass is 10.0. The Bertz CT molecular complexity index is 997. The Morgan fingerprint density at radius 1 is 1.19 bits per heavy atom. The van der Waals surface area contributed by atoms with Crippen molar-refractivity contribution in [3.05, 3.63) is 47.0 Å². The number of rotatable bonds is 10. The number of benzene rings is 1. The van der Waals surface area contributed by atoms with Gasteiger partial charge in [0, 0.05) is 11.4 Å². The quantitative estimate of drug-likeness (QED) is 0.381. The Balaban J connectivity index is 2.13. The maximum Gasteiger partial charge on any atom is 0.320 e. The molecule has 1 aromatic carbocycles. The monoisotopic (exact) mass is 444 g/mol. The number of carbonyl (C=O) groups is 3. The lowest BCUT2D eigenvalue weighted by Gasteiger charge is -2.15. The highest BCUT2D eigenvalue weighted by Crippen LogP contribution is 2.37. The Morgan fingerprint density at radius 3 is 2.45 bits per heavy atom. The summed E-state index contributed by atoms with van der Waals surface area (Å²) in [7, 11) is 0.